The highest BCUT2D eigenvalue weighted by Gasteiger charge is 2.13. The van der Waals surface area contributed by atoms with Crippen molar-refractivity contribution in [3.8, 4) is 11.7 Å². The van der Waals surface area contributed by atoms with Gasteiger partial charge in [-0.3, -0.25) is 14.9 Å². The molecule has 9 heteroatoms. The highest BCUT2D eigenvalue weighted by molar-refractivity contribution is 5.42. The number of hydrogen-bond donors (Lipinski definition) is 0. The Hall–Kier alpha value is -3.23. The molecule has 0 aliphatic carbocycles. The fourth-order valence-corrected chi connectivity index (χ4v) is 1.72. The lowest BCUT2D eigenvalue weighted by Crippen LogP contribution is -2.20. The van der Waals surface area contributed by atoms with Crippen molar-refractivity contribution in [1.29, 1.82) is 0 Å². The molecule has 3 rings (SSSR count). The number of pyridine rings is 1. The Kier molecular flexibility index (Phi) is 3.07. The number of furan rings is 1. The molecule has 3 aromatic heterocycles. The van der Waals surface area contributed by atoms with Crippen LogP contribution in [0.15, 0.2) is 50.5 Å². The molecule has 106 valence electrons. The first-order valence-corrected chi connectivity index (χ1v) is 5.85. The fraction of sp³-hybridized carbons (Fsp3) is 0.0833. The highest BCUT2D eigenvalue weighted by atomic mass is 16.6. The Morgan fingerprint density at radius 3 is 2.90 bits per heavy atom. The van der Waals surface area contributed by atoms with Crippen molar-refractivity contribution in [1.82, 2.24) is 14.7 Å². The molecule has 0 aliphatic rings. The van der Waals surface area contributed by atoms with E-state index >= 15 is 0 Å². The van der Waals surface area contributed by atoms with Gasteiger partial charge in [0.05, 0.1) is 23.9 Å². The van der Waals surface area contributed by atoms with Crippen LogP contribution in [0.4, 0.5) is 5.69 Å². The van der Waals surface area contributed by atoms with E-state index in [1.807, 2.05) is 0 Å². The topological polar surface area (TPSA) is 117 Å². The van der Waals surface area contributed by atoms with Gasteiger partial charge in [-0.05, 0) is 12.1 Å². The molecule has 0 aliphatic heterocycles. The zero-order chi connectivity index (χ0) is 14.8. The van der Waals surface area contributed by atoms with Crippen LogP contribution in [-0.2, 0) is 6.54 Å². The van der Waals surface area contributed by atoms with Gasteiger partial charge in [-0.15, -0.1) is 0 Å². The average molecular weight is 288 g/mol. The lowest BCUT2D eigenvalue weighted by Gasteiger charge is -2.00. The SMILES string of the molecule is O=c1ccc([N+](=O)[O-])cn1Cc1noc(-c2ccco2)n1. The standard InChI is InChI=1S/C12H8N4O5/c17-11-4-3-8(16(18)19)6-15(11)7-10-13-12(21-14-10)9-2-1-5-20-9/h1-6H,7H2. The van der Waals surface area contributed by atoms with Crippen molar-refractivity contribution in [2.75, 3.05) is 0 Å². The summed E-state index contributed by atoms with van der Waals surface area (Å²) in [5.41, 5.74) is -0.589. The lowest BCUT2D eigenvalue weighted by molar-refractivity contribution is -0.385. The first-order valence-electron chi connectivity index (χ1n) is 5.85. The maximum atomic E-state index is 11.7. The first-order chi connectivity index (χ1) is 10.1. The molecule has 0 aromatic carbocycles. The second-order valence-electron chi connectivity index (χ2n) is 4.10. The molecule has 0 unspecified atom stereocenters. The lowest BCUT2D eigenvalue weighted by atomic mass is 10.4. The summed E-state index contributed by atoms with van der Waals surface area (Å²) in [6.45, 7) is -0.0370. The smallest absolute Gasteiger partial charge is 0.293 e. The van der Waals surface area contributed by atoms with E-state index in [9.17, 15) is 14.9 Å². The maximum absolute atomic E-state index is 11.7. The van der Waals surface area contributed by atoms with Crippen LogP contribution in [0.2, 0.25) is 0 Å². The van der Waals surface area contributed by atoms with Crippen molar-refractivity contribution < 1.29 is 13.9 Å². The minimum atomic E-state index is -0.583. The van der Waals surface area contributed by atoms with Gasteiger partial charge in [0.15, 0.2) is 11.6 Å². The molecule has 0 bridgehead atoms. The van der Waals surface area contributed by atoms with Gasteiger partial charge in [-0.25, -0.2) is 0 Å². The van der Waals surface area contributed by atoms with Crippen molar-refractivity contribution in [3.05, 3.63) is 63.0 Å². The van der Waals surface area contributed by atoms with Crippen molar-refractivity contribution in [2.24, 2.45) is 0 Å². The van der Waals surface area contributed by atoms with E-state index < -0.39 is 10.5 Å². The molecule has 21 heavy (non-hydrogen) atoms. The summed E-state index contributed by atoms with van der Waals surface area (Å²) in [5.74, 6) is 0.789. The quantitative estimate of drug-likeness (QED) is 0.526. The number of hydrogen-bond acceptors (Lipinski definition) is 7. The van der Waals surface area contributed by atoms with Crippen LogP contribution < -0.4 is 5.56 Å². The van der Waals surface area contributed by atoms with Gasteiger partial charge >= 0.3 is 0 Å². The summed E-state index contributed by atoms with van der Waals surface area (Å²) in [5, 5.41) is 14.4. The second-order valence-corrected chi connectivity index (χ2v) is 4.10. The Labute approximate surface area is 116 Å². The molecule has 0 fully saturated rings. The fourth-order valence-electron chi connectivity index (χ4n) is 1.72. The zero-order valence-electron chi connectivity index (χ0n) is 10.5. The summed E-state index contributed by atoms with van der Waals surface area (Å²) >= 11 is 0. The number of nitro groups is 1. The minimum Gasteiger partial charge on any atom is -0.459 e. The predicted molar refractivity (Wildman–Crippen MR) is 68.5 cm³/mol. The van der Waals surface area contributed by atoms with Gasteiger partial charge in [-0.1, -0.05) is 5.16 Å². The first kappa shape index (κ1) is 12.8. The number of aromatic nitrogens is 3. The summed E-state index contributed by atoms with van der Waals surface area (Å²) in [6, 6.07) is 5.58. The predicted octanol–water partition coefficient (Wildman–Crippen LogP) is 1.45. The van der Waals surface area contributed by atoms with E-state index in [4.69, 9.17) is 8.94 Å². The van der Waals surface area contributed by atoms with Gasteiger partial charge < -0.3 is 13.5 Å². The van der Waals surface area contributed by atoms with E-state index in [0.29, 0.717) is 5.76 Å². The molecule has 0 N–H and O–H groups in total. The van der Waals surface area contributed by atoms with E-state index in [1.165, 1.54) is 6.26 Å². The van der Waals surface area contributed by atoms with Crippen molar-refractivity contribution in [3.63, 3.8) is 0 Å². The van der Waals surface area contributed by atoms with Crippen molar-refractivity contribution in [2.45, 2.75) is 6.54 Å². The van der Waals surface area contributed by atoms with E-state index in [1.54, 1.807) is 12.1 Å². The molecule has 0 radical (unpaired) electrons. The molecule has 9 nitrogen and oxygen atoms in total. The molecular formula is C12H8N4O5. The Balaban J connectivity index is 1.89. The molecule has 0 spiro atoms. The van der Waals surface area contributed by atoms with Crippen LogP contribution in [-0.4, -0.2) is 19.6 Å². The van der Waals surface area contributed by atoms with Gasteiger partial charge in [0.2, 0.25) is 0 Å². The Morgan fingerprint density at radius 2 is 2.19 bits per heavy atom. The molecule has 0 amide bonds. The number of rotatable bonds is 4. The maximum Gasteiger partial charge on any atom is 0.293 e. The third-order valence-corrected chi connectivity index (χ3v) is 2.69. The number of nitrogens with zero attached hydrogens (tertiary/aromatic N) is 4. The van der Waals surface area contributed by atoms with Crippen LogP contribution >= 0.6 is 0 Å². The monoisotopic (exact) mass is 288 g/mol. The van der Waals surface area contributed by atoms with Gasteiger partial charge in [0.1, 0.15) is 0 Å². The molecule has 0 atom stereocenters. The average Bonchev–Trinajstić information content (AvgIpc) is 3.11. The van der Waals surface area contributed by atoms with Crippen molar-refractivity contribution >= 4 is 5.69 Å². The molecule has 3 aromatic rings. The molecule has 0 saturated carbocycles. The normalized spacial score (nSPS) is 10.7. The Morgan fingerprint density at radius 1 is 1.33 bits per heavy atom. The highest BCUT2D eigenvalue weighted by Crippen LogP contribution is 2.17. The van der Waals surface area contributed by atoms with Crippen LogP contribution in [0.25, 0.3) is 11.7 Å². The zero-order valence-corrected chi connectivity index (χ0v) is 10.5. The molecular weight excluding hydrogens is 280 g/mol. The molecule has 3 heterocycles. The second kappa shape index (κ2) is 5.04. The summed E-state index contributed by atoms with van der Waals surface area (Å²) < 4.78 is 11.2. The van der Waals surface area contributed by atoms with Crippen LogP contribution in [0.1, 0.15) is 5.82 Å². The van der Waals surface area contributed by atoms with Crippen LogP contribution in [0.3, 0.4) is 0 Å². The Bertz CT molecular complexity index is 833. The van der Waals surface area contributed by atoms with Gasteiger partial charge in [-0.2, -0.15) is 4.98 Å². The van der Waals surface area contributed by atoms with E-state index in [0.717, 1.165) is 22.9 Å². The van der Waals surface area contributed by atoms with Crippen LogP contribution in [0.5, 0.6) is 0 Å². The third kappa shape index (κ3) is 2.56. The summed E-state index contributed by atoms with van der Waals surface area (Å²) in [6.07, 6.45) is 2.59. The summed E-state index contributed by atoms with van der Waals surface area (Å²) in [7, 11) is 0. The molecule has 0 saturated heterocycles. The third-order valence-electron chi connectivity index (χ3n) is 2.69. The van der Waals surface area contributed by atoms with Gasteiger partial charge in [0, 0.05) is 12.1 Å². The largest absolute Gasteiger partial charge is 0.459 e. The van der Waals surface area contributed by atoms with Crippen LogP contribution in [0, 0.1) is 10.1 Å². The van der Waals surface area contributed by atoms with E-state index in [-0.39, 0.29) is 23.9 Å². The van der Waals surface area contributed by atoms with Gasteiger partial charge in [0.25, 0.3) is 17.1 Å². The minimum absolute atomic E-state index is 0.0370. The van der Waals surface area contributed by atoms with E-state index in [2.05, 4.69) is 10.1 Å². The summed E-state index contributed by atoms with van der Waals surface area (Å²) in [4.78, 5) is 25.9.